The smallest absolute Gasteiger partial charge is 0.292 e. The maximum atomic E-state index is 11.3. The van der Waals surface area contributed by atoms with Gasteiger partial charge in [0.25, 0.3) is 5.69 Å². The zero-order chi connectivity index (χ0) is 17.5. The fourth-order valence-electron chi connectivity index (χ4n) is 2.71. The normalized spacial score (nSPS) is 14.2. The Balaban J connectivity index is 1.64. The Hall–Kier alpha value is -2.80. The molecular formula is C18H21N3O4. The number of hydrogen-bond donors (Lipinski definition) is 1. The number of para-hydroxylation sites is 1. The van der Waals surface area contributed by atoms with Crippen LogP contribution in [0.5, 0.6) is 5.75 Å². The average Bonchev–Trinajstić information content (AvgIpc) is 2.66. The SMILES string of the molecule is O=[N+]([O-])c1ccc(N2CCOCC2)cc1NCCOc1ccccc1. The van der Waals surface area contributed by atoms with Gasteiger partial charge in [-0.2, -0.15) is 0 Å². The Kier molecular flexibility index (Phi) is 5.69. The number of morpholine rings is 1. The lowest BCUT2D eigenvalue weighted by Crippen LogP contribution is -2.36. The van der Waals surface area contributed by atoms with Crippen LogP contribution < -0.4 is 15.0 Å². The molecule has 7 nitrogen and oxygen atoms in total. The Morgan fingerprint density at radius 1 is 1.16 bits per heavy atom. The van der Waals surface area contributed by atoms with Crippen molar-refractivity contribution in [3.63, 3.8) is 0 Å². The van der Waals surface area contributed by atoms with E-state index in [0.717, 1.165) is 24.5 Å². The van der Waals surface area contributed by atoms with Crippen molar-refractivity contribution in [2.75, 3.05) is 49.7 Å². The predicted octanol–water partition coefficient (Wildman–Crippen LogP) is 2.92. The summed E-state index contributed by atoms with van der Waals surface area (Å²) in [6, 6.07) is 14.6. The maximum absolute atomic E-state index is 11.3. The van der Waals surface area contributed by atoms with Gasteiger partial charge in [0.15, 0.2) is 0 Å². The quantitative estimate of drug-likeness (QED) is 0.473. The van der Waals surface area contributed by atoms with Crippen LogP contribution >= 0.6 is 0 Å². The Bertz CT molecular complexity index is 703. The van der Waals surface area contributed by atoms with Crippen molar-refractivity contribution in [3.8, 4) is 5.75 Å². The van der Waals surface area contributed by atoms with Crippen molar-refractivity contribution in [1.82, 2.24) is 0 Å². The van der Waals surface area contributed by atoms with E-state index in [2.05, 4.69) is 10.2 Å². The molecule has 0 amide bonds. The third kappa shape index (κ3) is 4.60. The van der Waals surface area contributed by atoms with Crippen molar-refractivity contribution >= 4 is 17.1 Å². The molecule has 25 heavy (non-hydrogen) atoms. The van der Waals surface area contributed by atoms with Crippen LogP contribution in [0.2, 0.25) is 0 Å². The minimum absolute atomic E-state index is 0.0664. The molecule has 0 radical (unpaired) electrons. The molecule has 2 aromatic carbocycles. The number of nitro benzene ring substituents is 1. The second-order valence-corrected chi connectivity index (χ2v) is 5.65. The third-order valence-corrected chi connectivity index (χ3v) is 3.98. The number of hydrogen-bond acceptors (Lipinski definition) is 6. The number of rotatable bonds is 7. The summed E-state index contributed by atoms with van der Waals surface area (Å²) in [5, 5.41) is 14.4. The van der Waals surface area contributed by atoms with Crippen LogP contribution in [0.4, 0.5) is 17.1 Å². The molecule has 1 saturated heterocycles. The lowest BCUT2D eigenvalue weighted by molar-refractivity contribution is -0.383. The monoisotopic (exact) mass is 343 g/mol. The number of ether oxygens (including phenoxy) is 2. The van der Waals surface area contributed by atoms with E-state index in [0.29, 0.717) is 32.1 Å². The van der Waals surface area contributed by atoms with Crippen LogP contribution in [0.3, 0.4) is 0 Å². The van der Waals surface area contributed by atoms with Gasteiger partial charge in [0.2, 0.25) is 0 Å². The minimum atomic E-state index is -0.372. The minimum Gasteiger partial charge on any atom is -0.492 e. The van der Waals surface area contributed by atoms with Gasteiger partial charge in [-0.15, -0.1) is 0 Å². The van der Waals surface area contributed by atoms with Gasteiger partial charge in [-0.05, 0) is 24.3 Å². The van der Waals surface area contributed by atoms with Gasteiger partial charge in [0, 0.05) is 31.4 Å². The molecule has 0 aromatic heterocycles. The number of nitro groups is 1. The van der Waals surface area contributed by atoms with Gasteiger partial charge >= 0.3 is 0 Å². The lowest BCUT2D eigenvalue weighted by Gasteiger charge is -2.29. The van der Waals surface area contributed by atoms with E-state index < -0.39 is 0 Å². The summed E-state index contributed by atoms with van der Waals surface area (Å²) < 4.78 is 11.0. The summed E-state index contributed by atoms with van der Waals surface area (Å²) in [6.45, 7) is 3.81. The van der Waals surface area contributed by atoms with Gasteiger partial charge in [-0.25, -0.2) is 0 Å². The number of nitrogens with zero attached hydrogens (tertiary/aromatic N) is 2. The Morgan fingerprint density at radius 2 is 1.92 bits per heavy atom. The highest BCUT2D eigenvalue weighted by atomic mass is 16.6. The molecule has 0 aliphatic carbocycles. The van der Waals surface area contributed by atoms with Gasteiger partial charge in [-0.1, -0.05) is 18.2 Å². The van der Waals surface area contributed by atoms with Crippen LogP contribution in [0.15, 0.2) is 48.5 Å². The highest BCUT2D eigenvalue weighted by molar-refractivity contribution is 5.69. The first-order valence-corrected chi connectivity index (χ1v) is 8.27. The molecule has 1 heterocycles. The molecule has 132 valence electrons. The van der Waals surface area contributed by atoms with E-state index in [9.17, 15) is 10.1 Å². The Morgan fingerprint density at radius 3 is 2.64 bits per heavy atom. The summed E-state index contributed by atoms with van der Waals surface area (Å²) in [6.07, 6.45) is 0. The molecular weight excluding hydrogens is 322 g/mol. The molecule has 1 aliphatic rings. The summed E-state index contributed by atoms with van der Waals surface area (Å²) in [7, 11) is 0. The second kappa shape index (κ2) is 8.34. The zero-order valence-electron chi connectivity index (χ0n) is 13.9. The van der Waals surface area contributed by atoms with Crippen molar-refractivity contribution in [2.24, 2.45) is 0 Å². The zero-order valence-corrected chi connectivity index (χ0v) is 13.9. The van der Waals surface area contributed by atoms with E-state index in [1.807, 2.05) is 36.4 Å². The number of anilines is 2. The molecule has 0 atom stereocenters. The van der Waals surface area contributed by atoms with E-state index in [1.165, 1.54) is 0 Å². The van der Waals surface area contributed by atoms with E-state index >= 15 is 0 Å². The fourth-order valence-corrected chi connectivity index (χ4v) is 2.71. The molecule has 1 fully saturated rings. The first-order chi connectivity index (χ1) is 12.2. The number of benzene rings is 2. The first-order valence-electron chi connectivity index (χ1n) is 8.27. The topological polar surface area (TPSA) is 76.9 Å². The van der Waals surface area contributed by atoms with Crippen molar-refractivity contribution in [2.45, 2.75) is 0 Å². The lowest BCUT2D eigenvalue weighted by atomic mass is 10.2. The fraction of sp³-hybridized carbons (Fsp3) is 0.333. The molecule has 2 aromatic rings. The van der Waals surface area contributed by atoms with Crippen LogP contribution in [0, 0.1) is 10.1 Å². The highest BCUT2D eigenvalue weighted by Gasteiger charge is 2.17. The molecule has 0 unspecified atom stereocenters. The van der Waals surface area contributed by atoms with E-state index in [1.54, 1.807) is 12.1 Å². The molecule has 3 rings (SSSR count). The first kappa shape index (κ1) is 17.0. The van der Waals surface area contributed by atoms with E-state index in [4.69, 9.17) is 9.47 Å². The molecule has 1 aliphatic heterocycles. The average molecular weight is 343 g/mol. The largest absolute Gasteiger partial charge is 0.492 e. The predicted molar refractivity (Wildman–Crippen MR) is 96.6 cm³/mol. The van der Waals surface area contributed by atoms with Crippen molar-refractivity contribution in [3.05, 3.63) is 58.6 Å². The van der Waals surface area contributed by atoms with Crippen LogP contribution in [-0.2, 0) is 4.74 Å². The third-order valence-electron chi connectivity index (χ3n) is 3.98. The molecule has 0 spiro atoms. The summed E-state index contributed by atoms with van der Waals surface area (Å²) >= 11 is 0. The van der Waals surface area contributed by atoms with Gasteiger partial charge < -0.3 is 19.7 Å². The molecule has 7 heteroatoms. The van der Waals surface area contributed by atoms with Gasteiger partial charge in [0.1, 0.15) is 18.0 Å². The second-order valence-electron chi connectivity index (χ2n) is 5.65. The van der Waals surface area contributed by atoms with Crippen LogP contribution in [0.1, 0.15) is 0 Å². The standard InChI is InChI=1S/C18H21N3O4/c22-21(23)18-7-6-15(20-9-12-24-13-10-20)14-17(18)19-8-11-25-16-4-2-1-3-5-16/h1-7,14,19H,8-13H2. The summed E-state index contributed by atoms with van der Waals surface area (Å²) in [5.74, 6) is 0.779. The van der Waals surface area contributed by atoms with Crippen LogP contribution in [-0.4, -0.2) is 44.4 Å². The highest BCUT2D eigenvalue weighted by Crippen LogP contribution is 2.29. The van der Waals surface area contributed by atoms with Crippen LogP contribution in [0.25, 0.3) is 0 Å². The molecule has 0 saturated carbocycles. The molecule has 0 bridgehead atoms. The summed E-state index contributed by atoms with van der Waals surface area (Å²) in [4.78, 5) is 13.1. The van der Waals surface area contributed by atoms with Gasteiger partial charge in [-0.3, -0.25) is 10.1 Å². The van der Waals surface area contributed by atoms with Crippen molar-refractivity contribution in [1.29, 1.82) is 0 Å². The molecule has 1 N–H and O–H groups in total. The van der Waals surface area contributed by atoms with Gasteiger partial charge in [0.05, 0.1) is 18.1 Å². The number of nitrogens with one attached hydrogen (secondary N) is 1. The van der Waals surface area contributed by atoms with Crippen molar-refractivity contribution < 1.29 is 14.4 Å². The summed E-state index contributed by atoms with van der Waals surface area (Å²) in [5.41, 5.74) is 1.53. The van der Waals surface area contributed by atoms with E-state index in [-0.39, 0.29) is 10.6 Å². The Labute approximate surface area is 146 Å². The maximum Gasteiger partial charge on any atom is 0.292 e.